The number of carbonyl (C=O) groups is 1. The second-order valence-electron chi connectivity index (χ2n) is 6.68. The molecule has 0 fully saturated rings. The Hall–Kier alpha value is -3.22. The van der Waals surface area contributed by atoms with Gasteiger partial charge in [-0.2, -0.15) is 0 Å². The van der Waals surface area contributed by atoms with Gasteiger partial charge >= 0.3 is 5.97 Å². The molecule has 0 saturated heterocycles. The van der Waals surface area contributed by atoms with E-state index in [0.29, 0.717) is 18.4 Å². The zero-order valence-corrected chi connectivity index (χ0v) is 15.8. The molecule has 7 heteroatoms. The molecule has 0 spiro atoms. The van der Waals surface area contributed by atoms with Crippen molar-refractivity contribution < 1.29 is 19.2 Å². The third kappa shape index (κ3) is 3.74. The lowest BCUT2D eigenvalue weighted by Gasteiger charge is -2.30. The molecule has 0 radical (unpaired) electrons. The summed E-state index contributed by atoms with van der Waals surface area (Å²) in [7, 11) is 2.88. The van der Waals surface area contributed by atoms with Crippen LogP contribution in [0.2, 0.25) is 0 Å². The maximum atomic E-state index is 12.8. The quantitative estimate of drug-likeness (QED) is 0.416. The summed E-state index contributed by atoms with van der Waals surface area (Å²) in [5.41, 5.74) is 0.972. The van der Waals surface area contributed by atoms with Crippen LogP contribution in [0, 0.1) is 10.1 Å². The largest absolute Gasteiger partial charge is 0.497 e. The smallest absolute Gasteiger partial charge is 0.334 e. The van der Waals surface area contributed by atoms with Crippen molar-refractivity contribution in [2.75, 3.05) is 20.8 Å². The number of aliphatic imine (C=N–C) groups is 1. The Morgan fingerprint density at radius 2 is 1.86 bits per heavy atom. The van der Waals surface area contributed by atoms with Gasteiger partial charge in [0.25, 0.3) is 0 Å². The van der Waals surface area contributed by atoms with Crippen LogP contribution < -0.4 is 4.74 Å². The van der Waals surface area contributed by atoms with E-state index in [0.717, 1.165) is 17.0 Å². The van der Waals surface area contributed by atoms with E-state index in [9.17, 15) is 14.9 Å². The number of methoxy groups -OCH3 is 2. The number of nitro groups is 1. The van der Waals surface area contributed by atoms with Gasteiger partial charge in [0.05, 0.1) is 20.1 Å². The zero-order valence-electron chi connectivity index (χ0n) is 15.8. The second-order valence-corrected chi connectivity index (χ2v) is 6.68. The fourth-order valence-corrected chi connectivity index (χ4v) is 3.74. The molecule has 3 rings (SSSR count). The molecule has 0 unspecified atom stereocenters. The maximum Gasteiger partial charge on any atom is 0.334 e. The number of esters is 1. The van der Waals surface area contributed by atoms with Crippen LogP contribution in [0.25, 0.3) is 0 Å². The van der Waals surface area contributed by atoms with Crippen LogP contribution in [-0.2, 0) is 9.53 Å². The lowest BCUT2D eigenvalue weighted by atomic mass is 9.77. The van der Waals surface area contributed by atoms with Crippen LogP contribution >= 0.6 is 0 Å². The average Bonchev–Trinajstić information content (AvgIpc) is 3.18. The van der Waals surface area contributed by atoms with E-state index in [-0.39, 0.29) is 0 Å². The van der Waals surface area contributed by atoms with Gasteiger partial charge in [0.2, 0.25) is 6.54 Å². The van der Waals surface area contributed by atoms with Gasteiger partial charge in [0, 0.05) is 10.6 Å². The van der Waals surface area contributed by atoms with Crippen LogP contribution in [-0.4, -0.2) is 42.9 Å². The molecular weight excluding hydrogens is 360 g/mol. The first-order chi connectivity index (χ1) is 13.5. The lowest BCUT2D eigenvalue weighted by molar-refractivity contribution is -0.484. The summed E-state index contributed by atoms with van der Waals surface area (Å²) >= 11 is 0. The minimum Gasteiger partial charge on any atom is -0.497 e. The van der Waals surface area contributed by atoms with E-state index in [4.69, 9.17) is 14.5 Å². The van der Waals surface area contributed by atoms with Crippen molar-refractivity contribution >= 4 is 11.7 Å². The Kier molecular flexibility index (Phi) is 5.73. The number of rotatable bonds is 7. The molecule has 1 aliphatic heterocycles. The molecule has 2 aromatic rings. The highest BCUT2D eigenvalue weighted by molar-refractivity contribution is 6.05. The summed E-state index contributed by atoms with van der Waals surface area (Å²) in [5, 5.41) is 11.4. The summed E-state index contributed by atoms with van der Waals surface area (Å²) in [6, 6.07) is 16.4. The standard InChI is InChI=1S/C21H22N2O5/c1-27-17-10-8-16(9-11-17)19-12-13-21(22-19,20(24)28-2)18(14-23(25)26)15-6-4-3-5-7-15/h3-11,18H,12-14H2,1-2H3/t18-,21-/m0/s1. The van der Waals surface area contributed by atoms with Gasteiger partial charge in [0.1, 0.15) is 5.75 Å². The van der Waals surface area contributed by atoms with E-state index in [1.807, 2.05) is 30.3 Å². The molecule has 2 atom stereocenters. The molecule has 28 heavy (non-hydrogen) atoms. The number of ether oxygens (including phenoxy) is 2. The van der Waals surface area contributed by atoms with E-state index in [2.05, 4.69) is 0 Å². The Morgan fingerprint density at radius 1 is 1.18 bits per heavy atom. The van der Waals surface area contributed by atoms with Gasteiger partial charge in [-0.05, 0) is 48.2 Å². The molecular formula is C21H22N2O5. The van der Waals surface area contributed by atoms with Crippen LogP contribution in [0.1, 0.15) is 29.9 Å². The molecule has 0 aromatic heterocycles. The predicted octanol–water partition coefficient (Wildman–Crippen LogP) is 3.25. The average molecular weight is 382 g/mol. The van der Waals surface area contributed by atoms with E-state index >= 15 is 0 Å². The summed E-state index contributed by atoms with van der Waals surface area (Å²) in [6.07, 6.45) is 0.886. The highest BCUT2D eigenvalue weighted by Gasteiger charge is 2.52. The number of benzene rings is 2. The van der Waals surface area contributed by atoms with Crippen molar-refractivity contribution in [3.05, 3.63) is 75.8 Å². The van der Waals surface area contributed by atoms with Crippen molar-refractivity contribution in [1.29, 1.82) is 0 Å². The normalized spacial score (nSPS) is 19.6. The fraction of sp³-hybridized carbons (Fsp3) is 0.333. The molecule has 146 valence electrons. The summed E-state index contributed by atoms with van der Waals surface area (Å²) in [5.74, 6) is -0.546. The van der Waals surface area contributed by atoms with Crippen molar-refractivity contribution in [1.82, 2.24) is 0 Å². The van der Waals surface area contributed by atoms with Crippen LogP contribution in [0.4, 0.5) is 0 Å². The topological polar surface area (TPSA) is 91.0 Å². The van der Waals surface area contributed by atoms with Gasteiger partial charge in [-0.1, -0.05) is 30.3 Å². The van der Waals surface area contributed by atoms with Crippen LogP contribution in [0.15, 0.2) is 59.6 Å². The van der Waals surface area contributed by atoms with E-state index < -0.39 is 28.9 Å². The Balaban J connectivity index is 2.07. The number of hydrogen-bond donors (Lipinski definition) is 0. The molecule has 7 nitrogen and oxygen atoms in total. The van der Waals surface area contributed by atoms with Gasteiger partial charge in [-0.3, -0.25) is 15.1 Å². The van der Waals surface area contributed by atoms with Crippen molar-refractivity contribution in [2.45, 2.75) is 24.3 Å². The third-order valence-corrected chi connectivity index (χ3v) is 5.15. The molecule has 0 amide bonds. The van der Waals surface area contributed by atoms with Gasteiger partial charge in [-0.15, -0.1) is 0 Å². The highest BCUT2D eigenvalue weighted by Crippen LogP contribution is 2.42. The Bertz CT molecular complexity index is 879. The molecule has 1 aliphatic rings. The van der Waals surface area contributed by atoms with Crippen LogP contribution in [0.5, 0.6) is 5.75 Å². The Morgan fingerprint density at radius 3 is 2.43 bits per heavy atom. The fourth-order valence-electron chi connectivity index (χ4n) is 3.74. The monoisotopic (exact) mass is 382 g/mol. The summed E-state index contributed by atoms with van der Waals surface area (Å²) < 4.78 is 10.2. The molecule has 1 heterocycles. The molecule has 0 aliphatic carbocycles. The van der Waals surface area contributed by atoms with E-state index in [1.165, 1.54) is 7.11 Å². The van der Waals surface area contributed by atoms with Gasteiger partial charge in [-0.25, -0.2) is 4.79 Å². The minimum atomic E-state index is -1.32. The second kappa shape index (κ2) is 8.21. The summed E-state index contributed by atoms with van der Waals surface area (Å²) in [4.78, 5) is 28.6. The first-order valence-corrected chi connectivity index (χ1v) is 8.98. The first kappa shape index (κ1) is 19.5. The first-order valence-electron chi connectivity index (χ1n) is 8.98. The zero-order chi connectivity index (χ0) is 20.1. The van der Waals surface area contributed by atoms with E-state index in [1.54, 1.807) is 31.4 Å². The minimum absolute atomic E-state index is 0.356. The van der Waals surface area contributed by atoms with Gasteiger partial charge < -0.3 is 9.47 Å². The SMILES string of the molecule is COC(=O)[C@@]1([C@@H](C[N+](=O)[O-])c2ccccc2)CCC(c2ccc(OC)cc2)=N1. The number of carbonyl (C=O) groups excluding carboxylic acids is 1. The molecule has 0 N–H and O–H groups in total. The number of hydrogen-bond acceptors (Lipinski definition) is 6. The molecule has 0 saturated carbocycles. The Labute approximate surface area is 163 Å². The molecule has 2 aromatic carbocycles. The number of nitrogens with zero attached hydrogens (tertiary/aromatic N) is 2. The van der Waals surface area contributed by atoms with Crippen molar-refractivity contribution in [3.63, 3.8) is 0 Å². The maximum absolute atomic E-state index is 12.8. The predicted molar refractivity (Wildman–Crippen MR) is 105 cm³/mol. The summed E-state index contributed by atoms with van der Waals surface area (Å²) in [6.45, 7) is -0.404. The van der Waals surface area contributed by atoms with Crippen molar-refractivity contribution in [3.8, 4) is 5.75 Å². The van der Waals surface area contributed by atoms with Crippen molar-refractivity contribution in [2.24, 2.45) is 4.99 Å². The van der Waals surface area contributed by atoms with Gasteiger partial charge in [0.15, 0.2) is 5.54 Å². The highest BCUT2D eigenvalue weighted by atomic mass is 16.6. The third-order valence-electron chi connectivity index (χ3n) is 5.15. The lowest BCUT2D eigenvalue weighted by Crippen LogP contribution is -2.44. The molecule has 0 bridgehead atoms. The van der Waals surface area contributed by atoms with Crippen LogP contribution in [0.3, 0.4) is 0 Å².